The van der Waals surface area contributed by atoms with Gasteiger partial charge in [-0.15, -0.1) is 0 Å². The SMILES string of the molecule is COc1ccc(/C(C#N)=C/c2cc(Br)c(OCc3ccccc3Cl)c(Br)c2)cc1OC. The number of halogens is 3. The predicted octanol–water partition coefficient (Wildman–Crippen LogP) is 7.53. The van der Waals surface area contributed by atoms with Crippen molar-refractivity contribution in [3.8, 4) is 23.3 Å². The molecule has 158 valence electrons. The lowest BCUT2D eigenvalue weighted by Crippen LogP contribution is -1.98. The van der Waals surface area contributed by atoms with E-state index in [9.17, 15) is 5.26 Å². The Morgan fingerprint density at radius 3 is 2.29 bits per heavy atom. The molecule has 0 aliphatic carbocycles. The molecule has 0 bridgehead atoms. The van der Waals surface area contributed by atoms with Crippen molar-refractivity contribution in [2.75, 3.05) is 14.2 Å². The Labute approximate surface area is 203 Å². The minimum absolute atomic E-state index is 0.334. The molecule has 4 nitrogen and oxygen atoms in total. The van der Waals surface area contributed by atoms with Crippen molar-refractivity contribution in [2.45, 2.75) is 6.61 Å². The molecule has 0 saturated heterocycles. The van der Waals surface area contributed by atoms with E-state index < -0.39 is 0 Å². The number of hydrogen-bond acceptors (Lipinski definition) is 4. The molecule has 0 unspecified atom stereocenters. The Morgan fingerprint density at radius 1 is 1.00 bits per heavy atom. The Balaban J connectivity index is 1.88. The summed E-state index contributed by atoms with van der Waals surface area (Å²) in [5.74, 6) is 1.82. The average molecular weight is 564 g/mol. The van der Waals surface area contributed by atoms with Crippen LogP contribution in [0.15, 0.2) is 63.5 Å². The summed E-state index contributed by atoms with van der Waals surface area (Å²) in [5, 5.41) is 10.4. The normalized spacial score (nSPS) is 11.0. The van der Waals surface area contributed by atoms with Crippen LogP contribution in [0.4, 0.5) is 0 Å². The number of nitrogens with zero attached hydrogens (tertiary/aromatic N) is 1. The third-order valence-corrected chi connectivity index (χ3v) is 6.02. The van der Waals surface area contributed by atoms with E-state index in [1.807, 2.05) is 42.5 Å². The summed E-state index contributed by atoms with van der Waals surface area (Å²) in [6.07, 6.45) is 1.80. The highest BCUT2D eigenvalue weighted by atomic mass is 79.9. The van der Waals surface area contributed by atoms with Crippen molar-refractivity contribution in [3.63, 3.8) is 0 Å². The van der Waals surface area contributed by atoms with Gasteiger partial charge in [0.1, 0.15) is 12.4 Å². The second-order valence-electron chi connectivity index (χ2n) is 6.43. The van der Waals surface area contributed by atoms with Crippen molar-refractivity contribution in [2.24, 2.45) is 0 Å². The Kier molecular flexibility index (Phi) is 8.03. The second kappa shape index (κ2) is 10.7. The molecule has 3 aromatic rings. The van der Waals surface area contributed by atoms with E-state index in [-0.39, 0.29) is 0 Å². The number of rotatable bonds is 7. The van der Waals surface area contributed by atoms with Gasteiger partial charge in [0, 0.05) is 10.6 Å². The summed E-state index contributed by atoms with van der Waals surface area (Å²) in [7, 11) is 3.13. The molecule has 7 heteroatoms. The molecular weight excluding hydrogens is 546 g/mol. The molecule has 0 fully saturated rings. The maximum Gasteiger partial charge on any atom is 0.161 e. The topological polar surface area (TPSA) is 51.5 Å². The molecule has 0 N–H and O–H groups in total. The Bertz CT molecular complexity index is 1150. The largest absolute Gasteiger partial charge is 0.493 e. The van der Waals surface area contributed by atoms with Crippen LogP contribution in [-0.2, 0) is 6.61 Å². The first-order valence-corrected chi connectivity index (χ1v) is 11.1. The highest BCUT2D eigenvalue weighted by Gasteiger charge is 2.12. The zero-order valence-corrected chi connectivity index (χ0v) is 20.7. The lowest BCUT2D eigenvalue weighted by atomic mass is 10.0. The van der Waals surface area contributed by atoms with Crippen LogP contribution in [0.1, 0.15) is 16.7 Å². The van der Waals surface area contributed by atoms with Gasteiger partial charge in [0.05, 0.1) is 34.8 Å². The van der Waals surface area contributed by atoms with Crippen LogP contribution >= 0.6 is 43.5 Å². The van der Waals surface area contributed by atoms with Crippen molar-refractivity contribution >= 4 is 55.1 Å². The molecular formula is C24H18Br2ClNO3. The molecule has 0 radical (unpaired) electrons. The van der Waals surface area contributed by atoms with Crippen molar-refractivity contribution in [1.29, 1.82) is 5.26 Å². The first-order valence-electron chi connectivity index (χ1n) is 9.16. The van der Waals surface area contributed by atoms with E-state index in [0.717, 1.165) is 25.6 Å². The van der Waals surface area contributed by atoms with Crippen LogP contribution in [0, 0.1) is 11.3 Å². The Morgan fingerprint density at radius 2 is 1.68 bits per heavy atom. The summed E-state index contributed by atoms with van der Waals surface area (Å²) in [6, 6.07) is 19.0. The van der Waals surface area contributed by atoms with E-state index in [1.54, 1.807) is 32.4 Å². The minimum atomic E-state index is 0.334. The van der Waals surface area contributed by atoms with Crippen molar-refractivity contribution in [1.82, 2.24) is 0 Å². The van der Waals surface area contributed by atoms with Gasteiger partial charge < -0.3 is 14.2 Å². The number of methoxy groups -OCH3 is 2. The highest BCUT2D eigenvalue weighted by molar-refractivity contribution is 9.11. The number of hydrogen-bond donors (Lipinski definition) is 0. The summed E-state index contributed by atoms with van der Waals surface area (Å²) in [6.45, 7) is 0.334. The molecule has 0 aliphatic heterocycles. The molecule has 3 aromatic carbocycles. The van der Waals surface area contributed by atoms with Crippen LogP contribution < -0.4 is 14.2 Å². The molecule has 0 spiro atoms. The summed E-state index contributed by atoms with van der Waals surface area (Å²) >= 11 is 13.3. The van der Waals surface area contributed by atoms with Gasteiger partial charge in [-0.25, -0.2) is 0 Å². The van der Waals surface area contributed by atoms with Gasteiger partial charge >= 0.3 is 0 Å². The predicted molar refractivity (Wildman–Crippen MR) is 131 cm³/mol. The zero-order chi connectivity index (χ0) is 22.4. The fraction of sp³-hybridized carbons (Fsp3) is 0.125. The first kappa shape index (κ1) is 23.2. The summed E-state index contributed by atoms with van der Waals surface area (Å²) in [5.41, 5.74) is 2.94. The molecule has 0 atom stereocenters. The minimum Gasteiger partial charge on any atom is -0.493 e. The van der Waals surface area contributed by atoms with Crippen LogP contribution in [0.5, 0.6) is 17.2 Å². The van der Waals surface area contributed by atoms with Gasteiger partial charge in [-0.1, -0.05) is 29.8 Å². The highest BCUT2D eigenvalue weighted by Crippen LogP contribution is 2.37. The number of allylic oxidation sites excluding steroid dienone is 1. The average Bonchev–Trinajstić information content (AvgIpc) is 2.77. The number of ether oxygens (including phenoxy) is 3. The van der Waals surface area contributed by atoms with Gasteiger partial charge in [-0.3, -0.25) is 0 Å². The van der Waals surface area contributed by atoms with Crippen LogP contribution in [0.25, 0.3) is 11.6 Å². The van der Waals surface area contributed by atoms with Crippen LogP contribution in [0.2, 0.25) is 5.02 Å². The third kappa shape index (κ3) is 5.62. The van der Waals surface area contributed by atoms with E-state index in [0.29, 0.717) is 34.5 Å². The van der Waals surface area contributed by atoms with Crippen molar-refractivity contribution in [3.05, 3.63) is 85.3 Å². The van der Waals surface area contributed by atoms with Gasteiger partial charge in [0.15, 0.2) is 11.5 Å². The number of benzene rings is 3. The zero-order valence-electron chi connectivity index (χ0n) is 16.8. The molecule has 0 aliphatic rings. The van der Waals surface area contributed by atoms with Gasteiger partial charge in [-0.05, 0) is 85.5 Å². The van der Waals surface area contributed by atoms with Crippen LogP contribution in [0.3, 0.4) is 0 Å². The third-order valence-electron chi connectivity index (χ3n) is 4.48. The summed E-state index contributed by atoms with van der Waals surface area (Å²) in [4.78, 5) is 0. The van der Waals surface area contributed by atoms with Gasteiger partial charge in [-0.2, -0.15) is 5.26 Å². The van der Waals surface area contributed by atoms with Crippen molar-refractivity contribution < 1.29 is 14.2 Å². The molecule has 0 amide bonds. The smallest absolute Gasteiger partial charge is 0.161 e. The molecule has 31 heavy (non-hydrogen) atoms. The fourth-order valence-corrected chi connectivity index (χ4v) is 4.56. The lowest BCUT2D eigenvalue weighted by Gasteiger charge is -2.13. The standard InChI is InChI=1S/C24H18Br2ClNO3/c1-29-22-8-7-16(12-23(22)30-2)18(13-28)9-15-10-19(25)24(20(26)11-15)31-14-17-5-3-4-6-21(17)27/h3-12H,14H2,1-2H3/b18-9+. The van der Waals surface area contributed by atoms with E-state index in [1.165, 1.54) is 0 Å². The Hall–Kier alpha value is -2.46. The second-order valence-corrected chi connectivity index (χ2v) is 8.55. The van der Waals surface area contributed by atoms with Gasteiger partial charge in [0.25, 0.3) is 0 Å². The fourth-order valence-electron chi connectivity index (χ4n) is 2.92. The van der Waals surface area contributed by atoms with E-state index >= 15 is 0 Å². The van der Waals surface area contributed by atoms with E-state index in [4.69, 9.17) is 25.8 Å². The maximum absolute atomic E-state index is 9.71. The first-order chi connectivity index (χ1) is 15.0. The number of nitriles is 1. The van der Waals surface area contributed by atoms with Gasteiger partial charge in [0.2, 0.25) is 0 Å². The molecule has 0 heterocycles. The molecule has 3 rings (SSSR count). The van der Waals surface area contributed by atoms with E-state index in [2.05, 4.69) is 37.9 Å². The quantitative estimate of drug-likeness (QED) is 0.220. The maximum atomic E-state index is 9.71. The monoisotopic (exact) mass is 561 g/mol. The molecule has 0 saturated carbocycles. The van der Waals surface area contributed by atoms with Crippen LogP contribution in [-0.4, -0.2) is 14.2 Å². The lowest BCUT2D eigenvalue weighted by molar-refractivity contribution is 0.302. The molecule has 0 aromatic heterocycles. The summed E-state index contributed by atoms with van der Waals surface area (Å²) < 4.78 is 18.1.